The first-order valence-electron chi connectivity index (χ1n) is 4.55. The van der Waals surface area contributed by atoms with Gasteiger partial charge in [0.05, 0.1) is 13.2 Å². The molecule has 1 N–H and O–H groups in total. The third-order valence-electron chi connectivity index (χ3n) is 2.26. The number of carbonyl (C=O) groups is 1. The van der Waals surface area contributed by atoms with Crippen LogP contribution >= 0.6 is 0 Å². The van der Waals surface area contributed by atoms with Crippen molar-refractivity contribution in [1.29, 1.82) is 0 Å². The summed E-state index contributed by atoms with van der Waals surface area (Å²) in [4.78, 5) is 11.2. The molecule has 0 saturated carbocycles. The summed E-state index contributed by atoms with van der Waals surface area (Å²) in [5, 5.41) is 21.1. The van der Waals surface area contributed by atoms with E-state index in [0.717, 1.165) is 6.42 Å². The lowest BCUT2D eigenvalue weighted by Crippen LogP contribution is -2.57. The molecular weight excluding hydrogens is 174 g/mol. The molecule has 1 saturated heterocycles. The van der Waals surface area contributed by atoms with Crippen molar-refractivity contribution in [3.05, 3.63) is 5.21 Å². The van der Waals surface area contributed by atoms with E-state index in [-0.39, 0.29) is 13.2 Å². The van der Waals surface area contributed by atoms with E-state index in [1.165, 1.54) is 0 Å². The number of hydrogen-bond donors (Lipinski definition) is 1. The number of hydrogen-bond acceptors (Lipinski definition) is 4. The summed E-state index contributed by atoms with van der Waals surface area (Å²) >= 11 is 0. The molecule has 1 fully saturated rings. The van der Waals surface area contributed by atoms with E-state index in [2.05, 4.69) is 4.74 Å². The molecule has 5 nitrogen and oxygen atoms in total. The zero-order valence-electron chi connectivity index (χ0n) is 7.73. The molecule has 1 aliphatic rings. The summed E-state index contributed by atoms with van der Waals surface area (Å²) in [6, 6.07) is 0. The fraction of sp³-hybridized carbons (Fsp3) is 0.875. The van der Waals surface area contributed by atoms with E-state index < -0.39 is 17.0 Å². The van der Waals surface area contributed by atoms with Crippen LogP contribution in [0.4, 0.5) is 4.79 Å². The molecule has 2 unspecified atom stereocenters. The highest BCUT2D eigenvalue weighted by molar-refractivity contribution is 5.60. The predicted molar refractivity (Wildman–Crippen MR) is 45.4 cm³/mol. The normalized spacial score (nSPS) is 34.2. The van der Waals surface area contributed by atoms with Crippen LogP contribution < -0.4 is 0 Å². The summed E-state index contributed by atoms with van der Waals surface area (Å²) < 4.78 is 3.39. The van der Waals surface area contributed by atoms with E-state index in [0.29, 0.717) is 12.8 Å². The second kappa shape index (κ2) is 4.04. The van der Waals surface area contributed by atoms with Crippen molar-refractivity contribution in [2.75, 3.05) is 13.2 Å². The molecule has 0 radical (unpaired) electrons. The van der Waals surface area contributed by atoms with Crippen molar-refractivity contribution in [1.82, 2.24) is 0 Å². The van der Waals surface area contributed by atoms with Gasteiger partial charge in [0.15, 0.2) is 6.23 Å². The first-order chi connectivity index (χ1) is 6.11. The first-order valence-corrected chi connectivity index (χ1v) is 4.55. The van der Waals surface area contributed by atoms with Crippen LogP contribution in [-0.2, 0) is 4.74 Å². The Labute approximate surface area is 77.1 Å². The van der Waals surface area contributed by atoms with Crippen molar-refractivity contribution >= 4 is 6.09 Å². The Hall–Kier alpha value is -0.650. The minimum atomic E-state index is -1.23. The van der Waals surface area contributed by atoms with Gasteiger partial charge >= 0.3 is 6.09 Å². The van der Waals surface area contributed by atoms with Crippen LogP contribution in [0.3, 0.4) is 0 Å². The summed E-state index contributed by atoms with van der Waals surface area (Å²) in [7, 11) is 0. The van der Waals surface area contributed by atoms with Crippen LogP contribution in [0, 0.1) is 5.21 Å². The van der Waals surface area contributed by atoms with Gasteiger partial charge < -0.3 is 15.1 Å². The number of aliphatic hydroxyl groups is 1. The molecule has 1 amide bonds. The third kappa shape index (κ3) is 1.99. The number of likely N-dealkylation sites (tertiary alicyclic amines) is 1. The lowest BCUT2D eigenvalue weighted by Gasteiger charge is -2.43. The number of carbonyl (C=O) groups excluding carboxylic acids is 1. The molecule has 1 rings (SSSR count). The molecule has 0 aliphatic carbocycles. The van der Waals surface area contributed by atoms with Crippen LogP contribution in [0.15, 0.2) is 0 Å². The largest absolute Gasteiger partial charge is 0.621 e. The quantitative estimate of drug-likeness (QED) is 0.492. The van der Waals surface area contributed by atoms with Gasteiger partial charge in [-0.2, -0.15) is 4.79 Å². The maximum atomic E-state index is 11.8. The Balaban J connectivity index is 2.65. The van der Waals surface area contributed by atoms with Gasteiger partial charge in [-0.25, -0.2) is 4.65 Å². The number of nitrogens with zero attached hydrogens (tertiary/aromatic N) is 1. The Morgan fingerprint density at radius 1 is 1.69 bits per heavy atom. The predicted octanol–water partition coefficient (Wildman–Crippen LogP) is 0.960. The highest BCUT2D eigenvalue weighted by atomic mass is 16.7. The Kier molecular flexibility index (Phi) is 3.24. The van der Waals surface area contributed by atoms with Gasteiger partial charge in [0, 0.05) is 6.42 Å². The zero-order valence-corrected chi connectivity index (χ0v) is 7.73. The fourth-order valence-corrected chi connectivity index (χ4v) is 1.48. The molecule has 76 valence electrons. The van der Waals surface area contributed by atoms with Crippen molar-refractivity contribution in [3.63, 3.8) is 0 Å². The standard InChI is InChI=1S/C8H15NO4/c1-2-13-8(11)9(12)6-4-3-5-7(9)10/h7,10H,2-6H2,1H3. The minimum Gasteiger partial charge on any atom is -0.621 e. The van der Waals surface area contributed by atoms with Gasteiger partial charge in [0.2, 0.25) is 0 Å². The second-order valence-corrected chi connectivity index (χ2v) is 3.19. The van der Waals surface area contributed by atoms with Gasteiger partial charge in [-0.15, -0.1) is 0 Å². The molecule has 0 aromatic carbocycles. The van der Waals surface area contributed by atoms with Crippen LogP contribution in [0.2, 0.25) is 0 Å². The van der Waals surface area contributed by atoms with Gasteiger partial charge in [-0.05, 0) is 19.8 Å². The Bertz CT molecular complexity index is 197. The van der Waals surface area contributed by atoms with Gasteiger partial charge in [-0.3, -0.25) is 0 Å². The van der Waals surface area contributed by atoms with Gasteiger partial charge in [-0.1, -0.05) is 0 Å². The SMILES string of the molecule is CCOC(=O)[N+]1([O-])CCCCC1O. The molecule has 2 atom stereocenters. The van der Waals surface area contributed by atoms with Crippen molar-refractivity contribution in [3.8, 4) is 0 Å². The lowest BCUT2D eigenvalue weighted by atomic mass is 10.1. The number of rotatable bonds is 1. The molecule has 0 spiro atoms. The van der Waals surface area contributed by atoms with Gasteiger partial charge in [0.25, 0.3) is 0 Å². The van der Waals surface area contributed by atoms with Crippen molar-refractivity contribution in [2.24, 2.45) is 0 Å². The molecular formula is C8H15NO4. The molecule has 0 aromatic heterocycles. The molecule has 5 heteroatoms. The fourth-order valence-electron chi connectivity index (χ4n) is 1.48. The van der Waals surface area contributed by atoms with Crippen LogP contribution in [0.5, 0.6) is 0 Å². The van der Waals surface area contributed by atoms with E-state index in [1.54, 1.807) is 6.92 Å². The summed E-state index contributed by atoms with van der Waals surface area (Å²) in [6.45, 7) is 1.94. The molecule has 13 heavy (non-hydrogen) atoms. The summed E-state index contributed by atoms with van der Waals surface area (Å²) in [5.74, 6) is 0. The number of amides is 1. The molecule has 0 aromatic rings. The maximum Gasteiger partial charge on any atom is 0.518 e. The van der Waals surface area contributed by atoms with Crippen molar-refractivity contribution < 1.29 is 19.3 Å². The van der Waals surface area contributed by atoms with E-state index >= 15 is 0 Å². The van der Waals surface area contributed by atoms with Crippen LogP contribution in [-0.4, -0.2) is 35.2 Å². The second-order valence-electron chi connectivity index (χ2n) is 3.19. The highest BCUT2D eigenvalue weighted by Gasteiger charge is 2.39. The lowest BCUT2D eigenvalue weighted by molar-refractivity contribution is -0.865. The summed E-state index contributed by atoms with van der Waals surface area (Å²) in [5.41, 5.74) is 0. The molecule has 1 heterocycles. The van der Waals surface area contributed by atoms with E-state index in [4.69, 9.17) is 0 Å². The highest BCUT2D eigenvalue weighted by Crippen LogP contribution is 2.24. The van der Waals surface area contributed by atoms with E-state index in [1.807, 2.05) is 0 Å². The molecule has 1 aliphatic heterocycles. The number of hydroxylamine groups is 3. The smallest absolute Gasteiger partial charge is 0.518 e. The maximum absolute atomic E-state index is 11.8. The van der Waals surface area contributed by atoms with Crippen molar-refractivity contribution in [2.45, 2.75) is 32.4 Å². The minimum absolute atomic E-state index is 0.125. The van der Waals surface area contributed by atoms with Gasteiger partial charge in [0.1, 0.15) is 0 Å². The number of quaternary nitrogens is 1. The topological polar surface area (TPSA) is 69.6 Å². The summed E-state index contributed by atoms with van der Waals surface area (Å²) in [6.07, 6.45) is -0.174. The van der Waals surface area contributed by atoms with Crippen LogP contribution in [0.25, 0.3) is 0 Å². The monoisotopic (exact) mass is 189 g/mol. The zero-order chi connectivity index (χ0) is 9.90. The third-order valence-corrected chi connectivity index (χ3v) is 2.26. The Morgan fingerprint density at radius 3 is 2.92 bits per heavy atom. The molecule has 0 bridgehead atoms. The first kappa shape index (κ1) is 10.4. The average Bonchev–Trinajstić information content (AvgIpc) is 2.11. The van der Waals surface area contributed by atoms with E-state index in [9.17, 15) is 15.1 Å². The number of aliphatic hydroxyl groups excluding tert-OH is 1. The Morgan fingerprint density at radius 2 is 2.38 bits per heavy atom. The number of piperidine rings is 1. The van der Waals surface area contributed by atoms with Crippen LogP contribution in [0.1, 0.15) is 26.2 Å². The average molecular weight is 189 g/mol. The number of ether oxygens (including phenoxy) is 1.